The molecule has 0 N–H and O–H groups in total. The number of benzene rings is 2. The number of ether oxygens (including phenoxy) is 2. The first-order valence-electron chi connectivity index (χ1n) is 9.42. The van der Waals surface area contributed by atoms with E-state index >= 15 is 0 Å². The molecule has 1 unspecified atom stereocenters. The average Bonchev–Trinajstić information content (AvgIpc) is 2.75. The van der Waals surface area contributed by atoms with E-state index in [0.29, 0.717) is 11.6 Å². The van der Waals surface area contributed by atoms with Gasteiger partial charge >= 0.3 is 11.9 Å². The molecule has 1 atom stereocenters. The third kappa shape index (κ3) is 4.03. The Hall–Kier alpha value is -3.62. The standard InChI is InChI=1S/C22H18F3NO5/c1-3-30-21(28)14-11-26(18(22(29)31-4-2)12-8-6-5-7-9-12)19-13(20(14)27)10-15(23)16(24)17(19)25/h5-11,18H,3-4H2,1-2H3. The monoisotopic (exact) mass is 433 g/mol. The molecule has 0 bridgehead atoms. The second kappa shape index (κ2) is 9.03. The maximum absolute atomic E-state index is 14.9. The molecule has 6 nitrogen and oxygen atoms in total. The van der Waals surface area contributed by atoms with E-state index < -0.39 is 57.3 Å². The van der Waals surface area contributed by atoms with Gasteiger partial charge in [0.25, 0.3) is 0 Å². The zero-order valence-electron chi connectivity index (χ0n) is 16.7. The summed E-state index contributed by atoms with van der Waals surface area (Å²) in [5.41, 5.74) is -1.99. The van der Waals surface area contributed by atoms with Crippen LogP contribution >= 0.6 is 0 Å². The van der Waals surface area contributed by atoms with Crippen LogP contribution < -0.4 is 5.43 Å². The molecular formula is C22H18F3NO5. The van der Waals surface area contributed by atoms with Crippen molar-refractivity contribution < 1.29 is 32.2 Å². The predicted molar refractivity (Wildman–Crippen MR) is 105 cm³/mol. The van der Waals surface area contributed by atoms with E-state index in [1.807, 2.05) is 0 Å². The van der Waals surface area contributed by atoms with E-state index in [2.05, 4.69) is 0 Å². The molecule has 0 saturated heterocycles. The van der Waals surface area contributed by atoms with Gasteiger partial charge in [0.05, 0.1) is 24.1 Å². The van der Waals surface area contributed by atoms with Crippen molar-refractivity contribution in [2.24, 2.45) is 0 Å². The Kier molecular flexibility index (Phi) is 6.43. The average molecular weight is 433 g/mol. The van der Waals surface area contributed by atoms with Crippen molar-refractivity contribution in [2.75, 3.05) is 13.2 Å². The Bertz CT molecular complexity index is 1210. The normalized spacial score (nSPS) is 11.9. The first-order valence-corrected chi connectivity index (χ1v) is 9.42. The van der Waals surface area contributed by atoms with E-state index in [1.165, 1.54) is 19.1 Å². The van der Waals surface area contributed by atoms with Gasteiger partial charge in [0, 0.05) is 6.20 Å². The lowest BCUT2D eigenvalue weighted by atomic mass is 10.0. The first-order chi connectivity index (χ1) is 14.8. The molecule has 0 aliphatic carbocycles. The van der Waals surface area contributed by atoms with Gasteiger partial charge in [0.1, 0.15) is 5.56 Å². The van der Waals surface area contributed by atoms with E-state index in [4.69, 9.17) is 9.47 Å². The molecule has 3 rings (SSSR count). The van der Waals surface area contributed by atoms with Crippen LogP contribution in [-0.4, -0.2) is 29.7 Å². The van der Waals surface area contributed by atoms with Gasteiger partial charge in [-0.2, -0.15) is 0 Å². The minimum Gasteiger partial charge on any atom is -0.464 e. The highest BCUT2D eigenvalue weighted by atomic mass is 19.2. The number of halogens is 3. The van der Waals surface area contributed by atoms with Gasteiger partial charge in [-0.15, -0.1) is 0 Å². The molecule has 2 aromatic carbocycles. The maximum atomic E-state index is 14.9. The van der Waals surface area contributed by atoms with Crippen molar-refractivity contribution in [1.29, 1.82) is 0 Å². The summed E-state index contributed by atoms with van der Waals surface area (Å²) in [6.07, 6.45) is 0.900. The van der Waals surface area contributed by atoms with Crippen molar-refractivity contribution in [1.82, 2.24) is 4.57 Å². The van der Waals surface area contributed by atoms with Crippen LogP contribution in [0.1, 0.15) is 35.8 Å². The summed E-state index contributed by atoms with van der Waals surface area (Å²) in [6.45, 7) is 2.99. The molecule has 0 spiro atoms. The molecule has 3 aromatic rings. The topological polar surface area (TPSA) is 74.6 Å². The Morgan fingerprint density at radius 3 is 2.26 bits per heavy atom. The molecule has 0 fully saturated rings. The van der Waals surface area contributed by atoms with E-state index in [-0.39, 0.29) is 13.2 Å². The first kappa shape index (κ1) is 22.1. The SMILES string of the molecule is CCOC(=O)c1cn(C(C(=O)OCC)c2ccccc2)c2c(F)c(F)c(F)cc2c1=O. The molecule has 9 heteroatoms. The van der Waals surface area contributed by atoms with Gasteiger partial charge in [-0.05, 0) is 25.5 Å². The maximum Gasteiger partial charge on any atom is 0.343 e. The van der Waals surface area contributed by atoms with Crippen molar-refractivity contribution in [3.8, 4) is 0 Å². The van der Waals surface area contributed by atoms with Crippen LogP contribution in [0.3, 0.4) is 0 Å². The molecule has 1 heterocycles. The van der Waals surface area contributed by atoms with Crippen molar-refractivity contribution in [2.45, 2.75) is 19.9 Å². The molecule has 0 radical (unpaired) electrons. The summed E-state index contributed by atoms with van der Waals surface area (Å²) in [7, 11) is 0. The molecule has 0 aliphatic heterocycles. The third-order valence-electron chi connectivity index (χ3n) is 4.55. The quantitative estimate of drug-likeness (QED) is 0.437. The lowest BCUT2D eigenvalue weighted by Gasteiger charge is -2.23. The van der Waals surface area contributed by atoms with Gasteiger partial charge in [0.15, 0.2) is 23.5 Å². The molecule has 1 aromatic heterocycles. The molecule has 31 heavy (non-hydrogen) atoms. The van der Waals surface area contributed by atoms with Crippen LogP contribution in [0, 0.1) is 17.5 Å². The second-order valence-corrected chi connectivity index (χ2v) is 6.45. The fourth-order valence-corrected chi connectivity index (χ4v) is 3.24. The van der Waals surface area contributed by atoms with Crippen molar-refractivity contribution in [3.63, 3.8) is 0 Å². The van der Waals surface area contributed by atoms with Crippen LogP contribution in [-0.2, 0) is 14.3 Å². The summed E-state index contributed by atoms with van der Waals surface area (Å²) in [5, 5.41) is -0.618. The number of aromatic nitrogens is 1. The zero-order chi connectivity index (χ0) is 22.7. The Morgan fingerprint density at radius 2 is 1.65 bits per heavy atom. The molecule has 0 amide bonds. The fourth-order valence-electron chi connectivity index (χ4n) is 3.24. The highest BCUT2D eigenvalue weighted by molar-refractivity contribution is 5.95. The summed E-state index contributed by atoms with van der Waals surface area (Å²) in [4.78, 5) is 37.9. The number of esters is 2. The summed E-state index contributed by atoms with van der Waals surface area (Å²) in [6, 6.07) is 7.05. The highest BCUT2D eigenvalue weighted by Gasteiger charge is 2.30. The van der Waals surface area contributed by atoms with Crippen LogP contribution in [0.2, 0.25) is 0 Å². The Balaban J connectivity index is 2.46. The second-order valence-electron chi connectivity index (χ2n) is 6.45. The molecule has 0 aliphatic rings. The van der Waals surface area contributed by atoms with Gasteiger partial charge < -0.3 is 14.0 Å². The van der Waals surface area contributed by atoms with E-state index in [9.17, 15) is 27.6 Å². The number of hydrogen-bond donors (Lipinski definition) is 0. The van der Waals surface area contributed by atoms with Crippen LogP contribution in [0.4, 0.5) is 13.2 Å². The van der Waals surface area contributed by atoms with Crippen LogP contribution in [0.5, 0.6) is 0 Å². The molecule has 0 saturated carbocycles. The minimum absolute atomic E-state index is 0.0174. The lowest BCUT2D eigenvalue weighted by molar-refractivity contribution is -0.145. The minimum atomic E-state index is -1.82. The fraction of sp³-hybridized carbons (Fsp3) is 0.227. The Morgan fingerprint density at radius 1 is 1.00 bits per heavy atom. The van der Waals surface area contributed by atoms with E-state index in [0.717, 1.165) is 10.8 Å². The number of carbonyl (C=O) groups is 2. The number of nitrogens with zero attached hydrogens (tertiary/aromatic N) is 1. The number of carbonyl (C=O) groups excluding carboxylic acids is 2. The van der Waals surface area contributed by atoms with Crippen LogP contribution in [0.15, 0.2) is 47.4 Å². The number of rotatable bonds is 6. The van der Waals surface area contributed by atoms with Crippen molar-refractivity contribution >= 4 is 22.8 Å². The predicted octanol–water partition coefficient (Wildman–Crippen LogP) is 3.75. The Labute approximate surface area is 174 Å². The van der Waals surface area contributed by atoms with Gasteiger partial charge in [-0.1, -0.05) is 30.3 Å². The summed E-state index contributed by atoms with van der Waals surface area (Å²) < 4.78 is 53.7. The molecular weight excluding hydrogens is 415 g/mol. The van der Waals surface area contributed by atoms with Crippen LogP contribution in [0.25, 0.3) is 10.9 Å². The largest absolute Gasteiger partial charge is 0.464 e. The van der Waals surface area contributed by atoms with E-state index in [1.54, 1.807) is 25.1 Å². The van der Waals surface area contributed by atoms with Gasteiger partial charge in [0.2, 0.25) is 5.43 Å². The van der Waals surface area contributed by atoms with Gasteiger partial charge in [-0.25, -0.2) is 22.8 Å². The zero-order valence-corrected chi connectivity index (χ0v) is 16.7. The number of pyridine rings is 1. The third-order valence-corrected chi connectivity index (χ3v) is 4.55. The smallest absolute Gasteiger partial charge is 0.343 e. The lowest BCUT2D eigenvalue weighted by Crippen LogP contribution is -2.28. The molecule has 162 valence electrons. The summed E-state index contributed by atoms with van der Waals surface area (Å²) in [5.74, 6) is -7.00. The number of fused-ring (bicyclic) bond motifs is 1. The number of hydrogen-bond acceptors (Lipinski definition) is 5. The highest BCUT2D eigenvalue weighted by Crippen LogP contribution is 2.28. The van der Waals surface area contributed by atoms with Crippen molar-refractivity contribution in [3.05, 3.63) is 81.4 Å². The summed E-state index contributed by atoms with van der Waals surface area (Å²) >= 11 is 0. The van der Waals surface area contributed by atoms with Gasteiger partial charge in [-0.3, -0.25) is 4.79 Å².